The summed E-state index contributed by atoms with van der Waals surface area (Å²) in [5, 5.41) is 19.8. The van der Waals surface area contributed by atoms with E-state index in [1.807, 2.05) is 0 Å². The molecule has 214 valence electrons. The molecule has 2 atom stereocenters. The molecule has 11 nitrogen and oxygen atoms in total. The maximum Gasteiger partial charge on any atom is 0.426 e. The molecule has 3 aliphatic heterocycles. The van der Waals surface area contributed by atoms with Crippen molar-refractivity contribution >= 4 is 23.0 Å². The standard InChI is InChI=1S/C29H30FN5O6/c1-3-29(39)18-10-22-25-16(12-35(22)26(36)17(18)13-40-27(29)37)24-20(33-28(38)41-34-8-6-31-7-9-34)5-4-15-14(2)19(30)11-21(32-25)23(15)24/h10-11,20,31,39H,3-9,12-13H2,1-2H3,(H,33,38)/t20-,29-/m0/s1. The SMILES string of the molecule is CC[C@@]1(O)C(=O)OCc2c1cc1n(c2=O)Cc2c-1nc1cc(F)c(C)c3c1c2[C@@H](NC(=O)ON1CCNCC1)CC3. The lowest BCUT2D eigenvalue weighted by atomic mass is 9.81. The van der Waals surface area contributed by atoms with Gasteiger partial charge in [0.25, 0.3) is 5.56 Å². The van der Waals surface area contributed by atoms with Gasteiger partial charge in [0.15, 0.2) is 5.60 Å². The summed E-state index contributed by atoms with van der Waals surface area (Å²) in [5.74, 6) is -1.18. The smallest absolute Gasteiger partial charge is 0.426 e. The Morgan fingerprint density at radius 3 is 2.80 bits per heavy atom. The molecule has 0 saturated carbocycles. The quantitative estimate of drug-likeness (QED) is 0.320. The third-order valence-corrected chi connectivity index (χ3v) is 8.96. The fourth-order valence-electron chi connectivity index (χ4n) is 6.72. The molecule has 0 unspecified atom stereocenters. The Kier molecular flexibility index (Phi) is 5.93. The van der Waals surface area contributed by atoms with Gasteiger partial charge in [-0.15, -0.1) is 5.06 Å². The number of nitrogens with zero attached hydrogens (tertiary/aromatic N) is 3. The summed E-state index contributed by atoms with van der Waals surface area (Å²) in [6.45, 7) is 5.92. The van der Waals surface area contributed by atoms with E-state index in [1.54, 1.807) is 29.5 Å². The Labute approximate surface area is 234 Å². The first kappa shape index (κ1) is 26.1. The van der Waals surface area contributed by atoms with E-state index in [4.69, 9.17) is 14.6 Å². The number of esters is 1. The van der Waals surface area contributed by atoms with Crippen molar-refractivity contribution in [1.29, 1.82) is 0 Å². The highest BCUT2D eigenvalue weighted by Crippen LogP contribution is 2.45. The third kappa shape index (κ3) is 3.81. The van der Waals surface area contributed by atoms with Gasteiger partial charge in [-0.05, 0) is 48.9 Å². The monoisotopic (exact) mass is 563 g/mol. The summed E-state index contributed by atoms with van der Waals surface area (Å²) < 4.78 is 21.8. The van der Waals surface area contributed by atoms with Crippen molar-refractivity contribution in [3.05, 3.63) is 61.7 Å². The van der Waals surface area contributed by atoms with Crippen LogP contribution in [0.4, 0.5) is 9.18 Å². The summed E-state index contributed by atoms with van der Waals surface area (Å²) >= 11 is 0. The molecule has 3 aromatic rings. The van der Waals surface area contributed by atoms with Gasteiger partial charge >= 0.3 is 12.1 Å². The van der Waals surface area contributed by atoms with Gasteiger partial charge in [0.1, 0.15) is 12.4 Å². The van der Waals surface area contributed by atoms with Crippen LogP contribution < -0.4 is 16.2 Å². The minimum absolute atomic E-state index is 0.0278. The van der Waals surface area contributed by atoms with Gasteiger partial charge in [-0.2, -0.15) is 0 Å². The number of benzene rings is 1. The molecule has 1 amide bonds. The minimum atomic E-state index is -1.95. The Balaban J connectivity index is 1.39. The molecule has 1 aliphatic carbocycles. The van der Waals surface area contributed by atoms with E-state index in [9.17, 15) is 19.5 Å². The van der Waals surface area contributed by atoms with Gasteiger partial charge in [-0.1, -0.05) is 6.92 Å². The van der Waals surface area contributed by atoms with Crippen molar-refractivity contribution < 1.29 is 28.7 Å². The summed E-state index contributed by atoms with van der Waals surface area (Å²) in [4.78, 5) is 49.7. The lowest BCUT2D eigenvalue weighted by Gasteiger charge is -2.31. The van der Waals surface area contributed by atoms with Crippen LogP contribution in [-0.2, 0) is 39.5 Å². The van der Waals surface area contributed by atoms with Gasteiger partial charge in [-0.3, -0.25) is 4.79 Å². The summed E-state index contributed by atoms with van der Waals surface area (Å²) in [6, 6.07) is 2.56. The van der Waals surface area contributed by atoms with Crippen molar-refractivity contribution in [1.82, 2.24) is 25.2 Å². The molecule has 2 aromatic heterocycles. The molecular weight excluding hydrogens is 533 g/mol. The lowest BCUT2D eigenvalue weighted by Crippen LogP contribution is -2.46. The third-order valence-electron chi connectivity index (χ3n) is 8.96. The second kappa shape index (κ2) is 9.33. The number of fused-ring (bicyclic) bond motifs is 5. The number of aromatic nitrogens is 2. The van der Waals surface area contributed by atoms with Crippen LogP contribution in [0.15, 0.2) is 16.9 Å². The Bertz CT molecular complexity index is 1710. The molecular formula is C29H30FN5O6. The average molecular weight is 564 g/mol. The topological polar surface area (TPSA) is 135 Å². The van der Waals surface area contributed by atoms with Crippen LogP contribution in [0.5, 0.6) is 0 Å². The zero-order chi connectivity index (χ0) is 28.6. The first-order chi connectivity index (χ1) is 19.7. The zero-order valence-corrected chi connectivity index (χ0v) is 22.8. The van der Waals surface area contributed by atoms with E-state index in [0.717, 1.165) is 22.1 Å². The van der Waals surface area contributed by atoms with Crippen LogP contribution >= 0.6 is 0 Å². The number of hydrogen-bond acceptors (Lipinski definition) is 9. The number of hydroxylamine groups is 2. The van der Waals surface area contributed by atoms with Gasteiger partial charge < -0.3 is 29.9 Å². The number of hydrogen-bond donors (Lipinski definition) is 3. The van der Waals surface area contributed by atoms with Crippen LogP contribution in [0.3, 0.4) is 0 Å². The van der Waals surface area contributed by atoms with Crippen LogP contribution in [-0.4, -0.2) is 58.0 Å². The number of carbonyl (C=O) groups excluding carboxylic acids is 2. The van der Waals surface area contributed by atoms with Crippen LogP contribution in [0.1, 0.15) is 59.2 Å². The number of amides is 1. The second-order valence-corrected chi connectivity index (χ2v) is 11.1. The fraction of sp³-hybridized carbons (Fsp3) is 0.448. The largest absolute Gasteiger partial charge is 0.458 e. The Hall–Kier alpha value is -3.87. The van der Waals surface area contributed by atoms with E-state index < -0.39 is 23.7 Å². The highest BCUT2D eigenvalue weighted by Gasteiger charge is 2.46. The lowest BCUT2D eigenvalue weighted by molar-refractivity contribution is -0.172. The predicted octanol–water partition coefficient (Wildman–Crippen LogP) is 2.06. The molecule has 0 radical (unpaired) electrons. The van der Waals surface area contributed by atoms with Gasteiger partial charge in [0.2, 0.25) is 0 Å². The highest BCUT2D eigenvalue weighted by atomic mass is 19.1. The average Bonchev–Trinajstić information content (AvgIpc) is 3.33. The number of cyclic esters (lactones) is 1. The molecule has 7 rings (SSSR count). The minimum Gasteiger partial charge on any atom is -0.458 e. The summed E-state index contributed by atoms with van der Waals surface area (Å²) in [7, 11) is 0. The van der Waals surface area contributed by atoms with Crippen LogP contribution in [0, 0.1) is 12.7 Å². The maximum absolute atomic E-state index is 15.1. The maximum atomic E-state index is 15.1. The molecule has 1 saturated heterocycles. The van der Waals surface area contributed by atoms with E-state index in [1.165, 1.54) is 6.07 Å². The number of ether oxygens (including phenoxy) is 1. The highest BCUT2D eigenvalue weighted by molar-refractivity contribution is 5.93. The number of pyridine rings is 2. The Morgan fingerprint density at radius 2 is 2.05 bits per heavy atom. The number of aryl methyl sites for hydroxylation is 1. The molecule has 4 aliphatic rings. The van der Waals surface area contributed by atoms with Crippen molar-refractivity contribution in [2.75, 3.05) is 26.2 Å². The molecule has 0 bridgehead atoms. The predicted molar refractivity (Wildman–Crippen MR) is 144 cm³/mol. The van der Waals surface area contributed by atoms with Gasteiger partial charge in [0, 0.05) is 48.8 Å². The first-order valence-corrected chi connectivity index (χ1v) is 14.0. The molecule has 1 aromatic carbocycles. The van der Waals surface area contributed by atoms with Crippen molar-refractivity contribution in [2.45, 2.75) is 57.9 Å². The van der Waals surface area contributed by atoms with Crippen LogP contribution in [0.2, 0.25) is 0 Å². The number of rotatable bonds is 3. The van der Waals surface area contributed by atoms with Gasteiger partial charge in [-0.25, -0.2) is 19.0 Å². The van der Waals surface area contributed by atoms with E-state index in [-0.39, 0.29) is 42.1 Å². The van der Waals surface area contributed by atoms with Crippen molar-refractivity contribution in [3.63, 3.8) is 0 Å². The molecule has 41 heavy (non-hydrogen) atoms. The first-order valence-electron chi connectivity index (χ1n) is 14.0. The molecule has 0 spiro atoms. The van der Waals surface area contributed by atoms with Crippen LogP contribution in [0.25, 0.3) is 22.3 Å². The number of halogens is 1. The molecule has 12 heteroatoms. The summed E-state index contributed by atoms with van der Waals surface area (Å²) in [5.41, 5.74) is 2.30. The number of piperazine rings is 1. The Morgan fingerprint density at radius 1 is 1.27 bits per heavy atom. The van der Waals surface area contributed by atoms with Crippen molar-refractivity contribution in [2.24, 2.45) is 0 Å². The molecule has 5 heterocycles. The van der Waals surface area contributed by atoms with E-state index in [0.29, 0.717) is 61.5 Å². The number of nitrogens with one attached hydrogen (secondary N) is 2. The normalized spacial score (nSPS) is 23.0. The number of carbonyl (C=O) groups is 2. The summed E-state index contributed by atoms with van der Waals surface area (Å²) in [6.07, 6.45) is 0.500. The van der Waals surface area contributed by atoms with Crippen molar-refractivity contribution in [3.8, 4) is 11.4 Å². The van der Waals surface area contributed by atoms with E-state index >= 15 is 4.39 Å². The fourth-order valence-corrected chi connectivity index (χ4v) is 6.72. The molecule has 1 fully saturated rings. The van der Waals surface area contributed by atoms with Gasteiger partial charge in [0.05, 0.1) is 35.1 Å². The van der Waals surface area contributed by atoms with E-state index in [2.05, 4.69) is 10.6 Å². The molecule has 3 N–H and O–H groups in total. The number of aliphatic hydroxyl groups is 1. The zero-order valence-electron chi connectivity index (χ0n) is 22.8. The second-order valence-electron chi connectivity index (χ2n) is 11.1.